The Labute approximate surface area is 143 Å². The second kappa shape index (κ2) is 6.20. The average molecular weight is 327 g/mol. The third kappa shape index (κ3) is 3.18. The molecule has 4 rings (SSSR count). The molecule has 2 heterocycles. The van der Waals surface area contributed by atoms with Gasteiger partial charge in [-0.3, -0.25) is 19.4 Å². The number of carbonyl (C=O) groups excluding carboxylic acids is 2. The molecule has 0 aromatic heterocycles. The molecule has 3 aliphatic rings. The van der Waals surface area contributed by atoms with Crippen molar-refractivity contribution in [1.29, 1.82) is 0 Å². The summed E-state index contributed by atoms with van der Waals surface area (Å²) in [6, 6.07) is 10.1. The standard InChI is InChI=1S/C19H25N3O2/c1-13-10-16(12-21(13)17-6-7-17)20-15-4-2-14(3-5-15)11-22-18(23)8-9-19(22)24/h2-5,13,16-17,20H,6-12H2,1H3/t13-,16+/m0/s1. The molecule has 0 bridgehead atoms. The second-order valence-corrected chi connectivity index (χ2v) is 7.42. The molecule has 1 saturated carbocycles. The molecular formula is C19H25N3O2. The molecule has 1 aliphatic carbocycles. The van der Waals surface area contributed by atoms with Crippen LogP contribution in [0.15, 0.2) is 24.3 Å². The Hall–Kier alpha value is -1.88. The predicted molar refractivity (Wildman–Crippen MR) is 92.5 cm³/mol. The topological polar surface area (TPSA) is 52.7 Å². The molecule has 5 heteroatoms. The smallest absolute Gasteiger partial charge is 0.229 e. The van der Waals surface area contributed by atoms with Gasteiger partial charge in [0, 0.05) is 43.2 Å². The fraction of sp³-hybridized carbons (Fsp3) is 0.579. The number of imide groups is 1. The van der Waals surface area contributed by atoms with Crippen molar-refractivity contribution in [2.75, 3.05) is 11.9 Å². The molecule has 2 saturated heterocycles. The van der Waals surface area contributed by atoms with Crippen LogP contribution in [0.5, 0.6) is 0 Å². The molecule has 2 atom stereocenters. The van der Waals surface area contributed by atoms with E-state index in [2.05, 4.69) is 29.3 Å². The first-order valence-electron chi connectivity index (χ1n) is 9.04. The van der Waals surface area contributed by atoms with Crippen molar-refractivity contribution in [2.24, 2.45) is 0 Å². The van der Waals surface area contributed by atoms with Crippen LogP contribution in [0, 0.1) is 0 Å². The maximum atomic E-state index is 11.7. The summed E-state index contributed by atoms with van der Waals surface area (Å²) < 4.78 is 0. The Morgan fingerprint density at radius 3 is 2.38 bits per heavy atom. The largest absolute Gasteiger partial charge is 0.381 e. The normalized spacial score (nSPS) is 28.0. The van der Waals surface area contributed by atoms with Gasteiger partial charge < -0.3 is 5.32 Å². The summed E-state index contributed by atoms with van der Waals surface area (Å²) in [5.41, 5.74) is 2.12. The summed E-state index contributed by atoms with van der Waals surface area (Å²) >= 11 is 0. The van der Waals surface area contributed by atoms with Gasteiger partial charge in [0.25, 0.3) is 0 Å². The van der Waals surface area contributed by atoms with Crippen molar-refractivity contribution in [3.63, 3.8) is 0 Å². The second-order valence-electron chi connectivity index (χ2n) is 7.42. The van der Waals surface area contributed by atoms with Crippen LogP contribution >= 0.6 is 0 Å². The zero-order valence-corrected chi connectivity index (χ0v) is 14.2. The van der Waals surface area contributed by atoms with E-state index in [-0.39, 0.29) is 11.8 Å². The molecular weight excluding hydrogens is 302 g/mol. The first-order chi connectivity index (χ1) is 11.6. The molecule has 2 aliphatic heterocycles. The first-order valence-corrected chi connectivity index (χ1v) is 9.04. The molecule has 0 spiro atoms. The van der Waals surface area contributed by atoms with E-state index >= 15 is 0 Å². The van der Waals surface area contributed by atoms with Gasteiger partial charge >= 0.3 is 0 Å². The van der Waals surface area contributed by atoms with Gasteiger partial charge in [0.05, 0.1) is 6.54 Å². The predicted octanol–water partition coefficient (Wildman–Crippen LogP) is 2.37. The highest BCUT2D eigenvalue weighted by Gasteiger charge is 2.38. The Morgan fingerprint density at radius 1 is 1.08 bits per heavy atom. The summed E-state index contributed by atoms with van der Waals surface area (Å²) in [4.78, 5) is 27.4. The Balaban J connectivity index is 1.34. The lowest BCUT2D eigenvalue weighted by atomic mass is 10.1. The number of nitrogens with zero attached hydrogens (tertiary/aromatic N) is 2. The Morgan fingerprint density at radius 2 is 1.75 bits per heavy atom. The lowest BCUT2D eigenvalue weighted by Crippen LogP contribution is -2.31. The van der Waals surface area contributed by atoms with Crippen LogP contribution in [0.3, 0.4) is 0 Å². The van der Waals surface area contributed by atoms with E-state index in [1.54, 1.807) is 0 Å². The molecule has 1 aromatic carbocycles. The van der Waals surface area contributed by atoms with E-state index < -0.39 is 0 Å². The monoisotopic (exact) mass is 327 g/mol. The number of likely N-dealkylation sites (tertiary alicyclic amines) is 2. The van der Waals surface area contributed by atoms with Crippen LogP contribution in [0.2, 0.25) is 0 Å². The number of anilines is 1. The number of benzene rings is 1. The van der Waals surface area contributed by atoms with Gasteiger partial charge in [0.15, 0.2) is 0 Å². The maximum Gasteiger partial charge on any atom is 0.229 e. The molecule has 0 unspecified atom stereocenters. The average Bonchev–Trinajstić information content (AvgIpc) is 3.28. The van der Waals surface area contributed by atoms with Crippen LogP contribution in [0.4, 0.5) is 5.69 Å². The van der Waals surface area contributed by atoms with Crippen LogP contribution in [0.25, 0.3) is 0 Å². The highest BCUT2D eigenvalue weighted by Crippen LogP contribution is 2.34. The summed E-state index contributed by atoms with van der Waals surface area (Å²) in [5.74, 6) is -0.107. The summed E-state index contributed by atoms with van der Waals surface area (Å²) in [5, 5.41) is 3.63. The van der Waals surface area contributed by atoms with Crippen LogP contribution in [0.1, 0.15) is 44.6 Å². The van der Waals surface area contributed by atoms with Crippen molar-refractivity contribution >= 4 is 17.5 Å². The van der Waals surface area contributed by atoms with Crippen molar-refractivity contribution in [1.82, 2.24) is 9.80 Å². The van der Waals surface area contributed by atoms with Crippen LogP contribution < -0.4 is 5.32 Å². The van der Waals surface area contributed by atoms with Gasteiger partial charge in [-0.15, -0.1) is 0 Å². The zero-order chi connectivity index (χ0) is 16.7. The number of rotatable bonds is 5. The maximum absolute atomic E-state index is 11.7. The zero-order valence-electron chi connectivity index (χ0n) is 14.2. The summed E-state index contributed by atoms with van der Waals surface area (Å²) in [6.07, 6.45) is 4.63. The quantitative estimate of drug-likeness (QED) is 0.844. The van der Waals surface area contributed by atoms with Crippen LogP contribution in [-0.4, -0.2) is 46.3 Å². The molecule has 2 amide bonds. The van der Waals surface area contributed by atoms with Gasteiger partial charge in [-0.25, -0.2) is 0 Å². The van der Waals surface area contributed by atoms with E-state index in [9.17, 15) is 9.59 Å². The lowest BCUT2D eigenvalue weighted by molar-refractivity contribution is -0.139. The minimum absolute atomic E-state index is 0.0534. The SMILES string of the molecule is C[C@H]1C[C@@H](Nc2ccc(CN3C(=O)CCC3=O)cc2)CN1C1CC1. The molecule has 5 nitrogen and oxygen atoms in total. The number of carbonyl (C=O) groups is 2. The minimum Gasteiger partial charge on any atom is -0.381 e. The molecule has 1 aromatic rings. The Kier molecular flexibility index (Phi) is 4.04. The molecule has 1 N–H and O–H groups in total. The third-order valence-corrected chi connectivity index (χ3v) is 5.46. The fourth-order valence-electron chi connectivity index (χ4n) is 4.00. The van der Waals surface area contributed by atoms with Gasteiger partial charge in [-0.05, 0) is 43.9 Å². The highest BCUT2D eigenvalue weighted by atomic mass is 16.2. The number of hydrogen-bond donors (Lipinski definition) is 1. The first kappa shape index (κ1) is 15.6. The Bertz CT molecular complexity index is 623. The third-order valence-electron chi connectivity index (χ3n) is 5.46. The van der Waals surface area contributed by atoms with E-state index in [0.717, 1.165) is 23.8 Å². The van der Waals surface area contributed by atoms with E-state index in [1.807, 2.05) is 12.1 Å². The van der Waals surface area contributed by atoms with Gasteiger partial charge in [0.1, 0.15) is 0 Å². The van der Waals surface area contributed by atoms with Gasteiger partial charge in [-0.2, -0.15) is 0 Å². The fourth-order valence-corrected chi connectivity index (χ4v) is 4.00. The molecule has 128 valence electrons. The lowest BCUT2D eigenvalue weighted by Gasteiger charge is -2.20. The van der Waals surface area contributed by atoms with Crippen molar-refractivity contribution in [2.45, 2.75) is 63.7 Å². The summed E-state index contributed by atoms with van der Waals surface area (Å²) in [7, 11) is 0. The van der Waals surface area contributed by atoms with Crippen molar-refractivity contribution in [3.8, 4) is 0 Å². The molecule has 24 heavy (non-hydrogen) atoms. The number of amides is 2. The minimum atomic E-state index is -0.0534. The van der Waals surface area contributed by atoms with Gasteiger partial charge in [0.2, 0.25) is 11.8 Å². The van der Waals surface area contributed by atoms with E-state index in [0.29, 0.717) is 31.5 Å². The number of hydrogen-bond acceptors (Lipinski definition) is 4. The van der Waals surface area contributed by atoms with Gasteiger partial charge in [-0.1, -0.05) is 12.1 Å². The van der Waals surface area contributed by atoms with Crippen molar-refractivity contribution in [3.05, 3.63) is 29.8 Å². The highest BCUT2D eigenvalue weighted by molar-refractivity contribution is 6.01. The van der Waals surface area contributed by atoms with E-state index in [4.69, 9.17) is 0 Å². The molecule has 0 radical (unpaired) electrons. The van der Waals surface area contributed by atoms with Crippen molar-refractivity contribution < 1.29 is 9.59 Å². The summed E-state index contributed by atoms with van der Waals surface area (Å²) in [6.45, 7) is 3.85. The van der Waals surface area contributed by atoms with Crippen LogP contribution in [-0.2, 0) is 16.1 Å². The van der Waals surface area contributed by atoms with E-state index in [1.165, 1.54) is 24.2 Å². The number of nitrogens with one attached hydrogen (secondary N) is 1. The molecule has 3 fully saturated rings.